The number of alkyl halides is 3. The summed E-state index contributed by atoms with van der Waals surface area (Å²) in [6.07, 6.45) is -3.00. The van der Waals surface area contributed by atoms with Crippen molar-refractivity contribution >= 4 is 27.4 Å². The SMILES string of the molecule is Cc1cc(C(C)NC(=O)C2CC2(C)c2ccc(C(F)(F)F)nc2N2CCOCC2)ccc1NS(C)(=O)=O. The van der Waals surface area contributed by atoms with Crippen LogP contribution < -0.4 is 14.9 Å². The maximum atomic E-state index is 13.4. The number of benzene rings is 1. The van der Waals surface area contributed by atoms with Crippen molar-refractivity contribution in [3.05, 3.63) is 52.7 Å². The van der Waals surface area contributed by atoms with Crippen LogP contribution >= 0.6 is 0 Å². The van der Waals surface area contributed by atoms with Gasteiger partial charge in [0, 0.05) is 30.0 Å². The summed E-state index contributed by atoms with van der Waals surface area (Å²) in [4.78, 5) is 19.0. The molecule has 3 atom stereocenters. The number of ether oxygens (including phenoxy) is 1. The Morgan fingerprint density at radius 1 is 1.22 bits per heavy atom. The van der Waals surface area contributed by atoms with Gasteiger partial charge in [0.1, 0.15) is 11.5 Å². The van der Waals surface area contributed by atoms with Crippen LogP contribution in [0, 0.1) is 12.8 Å². The van der Waals surface area contributed by atoms with E-state index in [0.717, 1.165) is 17.9 Å². The highest BCUT2D eigenvalue weighted by atomic mass is 32.2. The predicted octanol–water partition coefficient (Wildman–Crippen LogP) is 3.77. The monoisotopic (exact) mass is 540 g/mol. The molecule has 2 N–H and O–H groups in total. The van der Waals surface area contributed by atoms with Crippen molar-refractivity contribution in [1.82, 2.24) is 10.3 Å². The van der Waals surface area contributed by atoms with Gasteiger partial charge in [-0.25, -0.2) is 13.4 Å². The Morgan fingerprint density at radius 2 is 1.89 bits per heavy atom. The molecule has 0 spiro atoms. The molecular formula is C25H31F3N4O4S. The molecule has 1 saturated heterocycles. The average Bonchev–Trinajstić information content (AvgIpc) is 3.52. The molecule has 2 aliphatic rings. The molecular weight excluding hydrogens is 509 g/mol. The molecule has 8 nitrogen and oxygen atoms in total. The number of amides is 1. The molecule has 2 heterocycles. The lowest BCUT2D eigenvalue weighted by Gasteiger charge is -2.31. The fourth-order valence-corrected chi connectivity index (χ4v) is 5.41. The van der Waals surface area contributed by atoms with Crippen molar-refractivity contribution in [2.24, 2.45) is 5.92 Å². The molecule has 0 bridgehead atoms. The first kappa shape index (κ1) is 27.2. The molecule has 1 aromatic heterocycles. The molecule has 12 heteroatoms. The minimum absolute atomic E-state index is 0.196. The first-order valence-electron chi connectivity index (χ1n) is 12.0. The van der Waals surface area contributed by atoms with Crippen molar-refractivity contribution in [2.45, 2.75) is 44.8 Å². The maximum Gasteiger partial charge on any atom is 0.433 e. The second-order valence-electron chi connectivity index (χ2n) is 10.0. The number of carbonyl (C=O) groups excluding carboxylic acids is 1. The van der Waals surface area contributed by atoms with Crippen LogP contribution in [0.4, 0.5) is 24.7 Å². The van der Waals surface area contributed by atoms with Crippen molar-refractivity contribution < 1.29 is 31.1 Å². The summed E-state index contributed by atoms with van der Waals surface area (Å²) in [6.45, 7) is 7.12. The fourth-order valence-electron chi connectivity index (χ4n) is 4.78. The number of anilines is 2. The lowest BCUT2D eigenvalue weighted by atomic mass is 9.94. The zero-order valence-corrected chi connectivity index (χ0v) is 22.0. The van der Waals surface area contributed by atoms with Crippen molar-refractivity contribution in [1.29, 1.82) is 0 Å². The summed E-state index contributed by atoms with van der Waals surface area (Å²) < 4.78 is 71.1. The number of nitrogens with zero attached hydrogens (tertiary/aromatic N) is 2. The minimum atomic E-state index is -4.57. The van der Waals surface area contributed by atoms with E-state index in [0.29, 0.717) is 49.5 Å². The first-order valence-corrected chi connectivity index (χ1v) is 13.9. The van der Waals surface area contributed by atoms with E-state index in [1.807, 2.05) is 13.8 Å². The number of hydrogen-bond acceptors (Lipinski definition) is 6. The van der Waals surface area contributed by atoms with Gasteiger partial charge in [0.2, 0.25) is 15.9 Å². The first-order chi connectivity index (χ1) is 17.2. The number of nitrogens with one attached hydrogen (secondary N) is 2. The fraction of sp³-hybridized carbons (Fsp3) is 0.520. The number of hydrogen-bond donors (Lipinski definition) is 2. The number of morpholine rings is 1. The number of halogens is 3. The number of carbonyl (C=O) groups is 1. The van der Waals surface area contributed by atoms with Gasteiger partial charge in [-0.1, -0.05) is 25.1 Å². The van der Waals surface area contributed by atoms with E-state index >= 15 is 0 Å². The molecule has 1 aliphatic carbocycles. The predicted molar refractivity (Wildman–Crippen MR) is 134 cm³/mol. The quantitative estimate of drug-likeness (QED) is 0.555. The summed E-state index contributed by atoms with van der Waals surface area (Å²) in [5.74, 6) is -0.354. The molecule has 37 heavy (non-hydrogen) atoms. The van der Waals surface area contributed by atoms with Gasteiger partial charge in [0.15, 0.2) is 0 Å². The number of pyridine rings is 1. The normalized spacial score (nSPS) is 22.9. The van der Waals surface area contributed by atoms with E-state index in [4.69, 9.17) is 4.74 Å². The molecule has 1 aliphatic heterocycles. The molecule has 3 unspecified atom stereocenters. The second-order valence-corrected chi connectivity index (χ2v) is 11.8. The zero-order chi connectivity index (χ0) is 27.2. The summed E-state index contributed by atoms with van der Waals surface area (Å²) in [7, 11) is -3.41. The van der Waals surface area contributed by atoms with Crippen molar-refractivity contribution in [3.8, 4) is 0 Å². The van der Waals surface area contributed by atoms with Crippen LogP contribution in [0.5, 0.6) is 0 Å². The number of aromatic nitrogens is 1. The third-order valence-electron chi connectivity index (χ3n) is 7.05. The molecule has 2 fully saturated rings. The molecule has 1 amide bonds. The van der Waals surface area contributed by atoms with Crippen LogP contribution in [0.25, 0.3) is 0 Å². The van der Waals surface area contributed by atoms with Gasteiger partial charge in [-0.05, 0) is 43.5 Å². The summed E-state index contributed by atoms with van der Waals surface area (Å²) in [6, 6.07) is 7.28. The topological polar surface area (TPSA) is 101 Å². The molecule has 2 aromatic rings. The Morgan fingerprint density at radius 3 is 2.49 bits per heavy atom. The van der Waals surface area contributed by atoms with Crippen LogP contribution in [0.15, 0.2) is 30.3 Å². The van der Waals surface area contributed by atoms with Crippen LogP contribution in [0.3, 0.4) is 0 Å². The van der Waals surface area contributed by atoms with Crippen LogP contribution in [-0.4, -0.2) is 51.9 Å². The highest BCUT2D eigenvalue weighted by Gasteiger charge is 2.57. The maximum absolute atomic E-state index is 13.4. The Labute approximate surface area is 214 Å². The van der Waals surface area contributed by atoms with Gasteiger partial charge >= 0.3 is 6.18 Å². The van der Waals surface area contributed by atoms with Gasteiger partial charge in [0.25, 0.3) is 0 Å². The van der Waals surface area contributed by atoms with Crippen LogP contribution in [-0.2, 0) is 31.1 Å². The van der Waals surface area contributed by atoms with Crippen molar-refractivity contribution in [3.63, 3.8) is 0 Å². The number of sulfonamides is 1. The minimum Gasteiger partial charge on any atom is -0.378 e. The van der Waals surface area contributed by atoms with E-state index in [-0.39, 0.29) is 17.8 Å². The van der Waals surface area contributed by atoms with Gasteiger partial charge in [-0.3, -0.25) is 9.52 Å². The van der Waals surface area contributed by atoms with E-state index in [1.165, 1.54) is 6.07 Å². The van der Waals surface area contributed by atoms with E-state index in [9.17, 15) is 26.4 Å². The van der Waals surface area contributed by atoms with Crippen LogP contribution in [0.2, 0.25) is 0 Å². The summed E-state index contributed by atoms with van der Waals surface area (Å²) >= 11 is 0. The lowest BCUT2D eigenvalue weighted by molar-refractivity contribution is -0.141. The second kappa shape index (κ2) is 9.79. The highest BCUT2D eigenvalue weighted by Crippen LogP contribution is 2.56. The molecule has 1 saturated carbocycles. The third-order valence-corrected chi connectivity index (χ3v) is 7.64. The Kier molecular flexibility index (Phi) is 7.19. The average molecular weight is 541 g/mol. The third kappa shape index (κ3) is 6.01. The van der Waals surface area contributed by atoms with Gasteiger partial charge < -0.3 is 15.0 Å². The van der Waals surface area contributed by atoms with Crippen LogP contribution in [0.1, 0.15) is 48.7 Å². The largest absolute Gasteiger partial charge is 0.433 e. The molecule has 4 rings (SSSR count). The Balaban J connectivity index is 1.52. The molecule has 202 valence electrons. The van der Waals surface area contributed by atoms with E-state index in [2.05, 4.69) is 15.0 Å². The Bertz CT molecular complexity index is 1300. The lowest BCUT2D eigenvalue weighted by Crippen LogP contribution is -2.38. The summed E-state index contributed by atoms with van der Waals surface area (Å²) in [5, 5.41) is 3.00. The van der Waals surface area contributed by atoms with E-state index in [1.54, 1.807) is 30.0 Å². The molecule has 0 radical (unpaired) electrons. The smallest absolute Gasteiger partial charge is 0.378 e. The van der Waals surface area contributed by atoms with Gasteiger partial charge in [-0.15, -0.1) is 0 Å². The zero-order valence-electron chi connectivity index (χ0n) is 21.1. The Hall–Kier alpha value is -2.86. The molecule has 1 aromatic carbocycles. The summed E-state index contributed by atoms with van der Waals surface area (Å²) in [5.41, 5.74) is 1.00. The standard InChI is InChI=1S/C25H31F3N4O4S/c1-15-13-17(5-7-20(15)31-37(4,34)35)16(2)29-23(33)19-14-24(19,3)18-6-8-21(25(26,27)28)30-22(18)32-9-11-36-12-10-32/h5-8,13,16,19,31H,9-12,14H2,1-4H3,(H,29,33). The highest BCUT2D eigenvalue weighted by molar-refractivity contribution is 7.92. The van der Waals surface area contributed by atoms with Gasteiger partial charge in [-0.2, -0.15) is 13.2 Å². The van der Waals surface area contributed by atoms with Crippen molar-refractivity contribution in [2.75, 3.05) is 42.2 Å². The van der Waals surface area contributed by atoms with Gasteiger partial charge in [0.05, 0.1) is 31.2 Å². The number of aryl methyl sites for hydroxylation is 1. The van der Waals surface area contributed by atoms with E-state index < -0.39 is 33.2 Å². The number of rotatable bonds is 7.